The Morgan fingerprint density at radius 1 is 1.19 bits per heavy atom. The van der Waals surface area contributed by atoms with Gasteiger partial charge >= 0.3 is 0 Å². The Morgan fingerprint density at radius 3 is 2.73 bits per heavy atom. The number of benzene rings is 2. The van der Waals surface area contributed by atoms with Crippen LogP contribution in [0.5, 0.6) is 11.5 Å². The molecule has 1 amide bonds. The molecular weight excluding hydrogens is 334 g/mol. The lowest BCUT2D eigenvalue weighted by Crippen LogP contribution is -2.22. The second kappa shape index (κ2) is 5.91. The molecule has 0 fully saturated rings. The molecular formula is C20H17NO5. The number of aryl methyl sites for hydroxylation is 1. The third-order valence-corrected chi connectivity index (χ3v) is 4.71. The Morgan fingerprint density at radius 2 is 2.00 bits per heavy atom. The van der Waals surface area contributed by atoms with Crippen LogP contribution in [0, 0.1) is 0 Å². The molecule has 4 rings (SSSR count). The van der Waals surface area contributed by atoms with E-state index in [-0.39, 0.29) is 28.3 Å². The summed E-state index contributed by atoms with van der Waals surface area (Å²) >= 11 is 0. The number of carbonyl (C=O) groups is 1. The van der Waals surface area contributed by atoms with Crippen LogP contribution in [0.1, 0.15) is 40.2 Å². The zero-order chi connectivity index (χ0) is 18.4. The van der Waals surface area contributed by atoms with E-state index in [2.05, 4.69) is 5.32 Å². The van der Waals surface area contributed by atoms with Gasteiger partial charge in [0.25, 0.3) is 5.91 Å². The Bertz CT molecular complexity index is 1100. The van der Waals surface area contributed by atoms with Crippen molar-refractivity contribution in [3.63, 3.8) is 0 Å². The first-order chi connectivity index (χ1) is 12.5. The number of methoxy groups -OCH3 is 1. The van der Waals surface area contributed by atoms with Gasteiger partial charge in [0.1, 0.15) is 5.58 Å². The molecule has 0 spiro atoms. The molecule has 3 aromatic rings. The fourth-order valence-electron chi connectivity index (χ4n) is 3.30. The lowest BCUT2D eigenvalue weighted by molar-refractivity contribution is 0.0938. The van der Waals surface area contributed by atoms with Crippen molar-refractivity contribution in [2.45, 2.75) is 19.4 Å². The quantitative estimate of drug-likeness (QED) is 0.757. The number of hydrogen-bond acceptors (Lipinski definition) is 5. The topological polar surface area (TPSA) is 88.8 Å². The molecule has 1 atom stereocenters. The lowest BCUT2D eigenvalue weighted by Gasteiger charge is -2.13. The van der Waals surface area contributed by atoms with Crippen LogP contribution in [0.25, 0.3) is 11.0 Å². The van der Waals surface area contributed by atoms with Crippen LogP contribution in [0.4, 0.5) is 0 Å². The minimum Gasteiger partial charge on any atom is -0.504 e. The van der Waals surface area contributed by atoms with Crippen molar-refractivity contribution >= 4 is 16.9 Å². The largest absolute Gasteiger partial charge is 0.504 e. The van der Waals surface area contributed by atoms with Crippen LogP contribution in [0.2, 0.25) is 0 Å². The van der Waals surface area contributed by atoms with E-state index >= 15 is 0 Å². The van der Waals surface area contributed by atoms with E-state index in [1.165, 1.54) is 13.2 Å². The van der Waals surface area contributed by atoms with Gasteiger partial charge in [0.15, 0.2) is 16.9 Å². The maximum atomic E-state index is 13.1. The molecule has 1 aromatic heterocycles. The molecule has 0 aliphatic carbocycles. The van der Waals surface area contributed by atoms with Crippen LogP contribution in [0.3, 0.4) is 0 Å². The van der Waals surface area contributed by atoms with Crippen molar-refractivity contribution in [2.24, 2.45) is 0 Å². The Hall–Kier alpha value is -3.28. The Labute approximate surface area is 149 Å². The second-order valence-corrected chi connectivity index (χ2v) is 6.20. The van der Waals surface area contributed by atoms with Gasteiger partial charge in [0.2, 0.25) is 5.76 Å². The van der Waals surface area contributed by atoms with Crippen LogP contribution in [0.15, 0.2) is 45.6 Å². The van der Waals surface area contributed by atoms with Gasteiger partial charge in [-0.15, -0.1) is 0 Å². The molecule has 1 aliphatic heterocycles. The summed E-state index contributed by atoms with van der Waals surface area (Å²) in [7, 11) is 1.44. The van der Waals surface area contributed by atoms with Crippen molar-refractivity contribution in [3.05, 3.63) is 69.1 Å². The highest BCUT2D eigenvalue weighted by molar-refractivity contribution is 5.99. The summed E-state index contributed by atoms with van der Waals surface area (Å²) < 4.78 is 10.9. The summed E-state index contributed by atoms with van der Waals surface area (Å²) in [5, 5.41) is 13.0. The van der Waals surface area contributed by atoms with Crippen molar-refractivity contribution < 1.29 is 19.1 Å². The molecule has 0 saturated heterocycles. The molecule has 2 heterocycles. The number of phenolic OH excluding ortho intramolecular Hbond substituents is 1. The van der Waals surface area contributed by atoms with E-state index in [1.54, 1.807) is 24.3 Å². The number of fused-ring (bicyclic) bond motifs is 2. The van der Waals surface area contributed by atoms with Crippen LogP contribution in [-0.2, 0) is 6.42 Å². The van der Waals surface area contributed by atoms with E-state index in [9.17, 15) is 14.7 Å². The van der Waals surface area contributed by atoms with Crippen molar-refractivity contribution in [1.29, 1.82) is 0 Å². The number of aromatic hydroxyl groups is 1. The van der Waals surface area contributed by atoms with Gasteiger partial charge in [0, 0.05) is 0 Å². The first-order valence-electron chi connectivity index (χ1n) is 8.31. The summed E-state index contributed by atoms with van der Waals surface area (Å²) in [6.07, 6.45) is 0.794. The van der Waals surface area contributed by atoms with Crippen molar-refractivity contribution in [3.8, 4) is 11.5 Å². The van der Waals surface area contributed by atoms with Gasteiger partial charge in [-0.2, -0.15) is 0 Å². The maximum Gasteiger partial charge on any atom is 0.288 e. The fraction of sp³-hybridized carbons (Fsp3) is 0.200. The number of nitrogens with one attached hydrogen (secondary N) is 1. The van der Waals surface area contributed by atoms with Gasteiger partial charge in [-0.3, -0.25) is 9.59 Å². The molecule has 2 aromatic carbocycles. The zero-order valence-electron chi connectivity index (χ0n) is 14.3. The van der Waals surface area contributed by atoms with Crippen LogP contribution < -0.4 is 15.5 Å². The lowest BCUT2D eigenvalue weighted by atomic mass is 9.98. The third-order valence-electron chi connectivity index (χ3n) is 4.71. The minimum atomic E-state index is -0.655. The van der Waals surface area contributed by atoms with E-state index in [1.807, 2.05) is 13.0 Å². The standard InChI is InChI=1S/C20H17NO5/c1-3-10-4-7-14-12(8-10)18(23)16-17(21-20(24)19(16)26-14)11-5-6-13(22)15(9-11)25-2/h4-9,17,22H,3H2,1-2H3,(H,21,24). The van der Waals surface area contributed by atoms with Gasteiger partial charge < -0.3 is 19.6 Å². The second-order valence-electron chi connectivity index (χ2n) is 6.20. The van der Waals surface area contributed by atoms with Gasteiger partial charge in [-0.05, 0) is 41.8 Å². The zero-order valence-corrected chi connectivity index (χ0v) is 14.3. The molecule has 0 saturated carbocycles. The Balaban J connectivity index is 1.95. The van der Waals surface area contributed by atoms with Crippen molar-refractivity contribution in [1.82, 2.24) is 5.32 Å². The average molecular weight is 351 g/mol. The SMILES string of the molecule is CCc1ccc2oc3c(c(=O)c2c1)C(c1ccc(O)c(OC)c1)NC3=O. The van der Waals surface area contributed by atoms with Gasteiger partial charge in [-0.25, -0.2) is 0 Å². The summed E-state index contributed by atoms with van der Waals surface area (Å²) in [4.78, 5) is 25.5. The third kappa shape index (κ3) is 2.34. The maximum absolute atomic E-state index is 13.1. The number of rotatable bonds is 3. The molecule has 6 heteroatoms. The molecule has 0 radical (unpaired) electrons. The number of ether oxygens (including phenoxy) is 1. The predicted molar refractivity (Wildman–Crippen MR) is 95.8 cm³/mol. The molecule has 26 heavy (non-hydrogen) atoms. The smallest absolute Gasteiger partial charge is 0.288 e. The minimum absolute atomic E-state index is 0.0149. The average Bonchev–Trinajstić information content (AvgIpc) is 2.99. The van der Waals surface area contributed by atoms with Crippen molar-refractivity contribution in [2.75, 3.05) is 7.11 Å². The summed E-state index contributed by atoms with van der Waals surface area (Å²) in [5.74, 6) is -0.151. The predicted octanol–water partition coefficient (Wildman–Crippen LogP) is 2.90. The molecule has 0 bridgehead atoms. The van der Waals surface area contributed by atoms with E-state index in [0.717, 1.165) is 12.0 Å². The highest BCUT2D eigenvalue weighted by Gasteiger charge is 2.36. The highest BCUT2D eigenvalue weighted by atomic mass is 16.5. The molecule has 1 aliphatic rings. The molecule has 2 N–H and O–H groups in total. The van der Waals surface area contributed by atoms with E-state index < -0.39 is 11.9 Å². The fourth-order valence-corrected chi connectivity index (χ4v) is 3.30. The first-order valence-corrected chi connectivity index (χ1v) is 8.31. The van der Waals surface area contributed by atoms with Crippen LogP contribution in [-0.4, -0.2) is 18.1 Å². The molecule has 6 nitrogen and oxygen atoms in total. The number of carbonyl (C=O) groups excluding carboxylic acids is 1. The van der Waals surface area contributed by atoms with Gasteiger partial charge in [0.05, 0.1) is 24.1 Å². The van der Waals surface area contributed by atoms with Crippen LogP contribution >= 0.6 is 0 Å². The molecule has 1 unspecified atom stereocenters. The summed E-state index contributed by atoms with van der Waals surface area (Å²) in [5.41, 5.74) is 2.09. The monoisotopic (exact) mass is 351 g/mol. The Kier molecular flexibility index (Phi) is 3.68. The summed E-state index contributed by atoms with van der Waals surface area (Å²) in [6.45, 7) is 2.01. The first kappa shape index (κ1) is 16.2. The summed E-state index contributed by atoms with van der Waals surface area (Å²) in [6, 6.07) is 9.46. The highest BCUT2D eigenvalue weighted by Crippen LogP contribution is 2.35. The number of phenols is 1. The van der Waals surface area contributed by atoms with Gasteiger partial charge in [-0.1, -0.05) is 19.1 Å². The normalized spacial score (nSPS) is 15.8. The number of amides is 1. The number of hydrogen-bond donors (Lipinski definition) is 2. The molecule has 132 valence electrons. The van der Waals surface area contributed by atoms with E-state index in [4.69, 9.17) is 9.15 Å². The van der Waals surface area contributed by atoms with E-state index in [0.29, 0.717) is 16.5 Å².